The van der Waals surface area contributed by atoms with E-state index >= 15 is 0 Å². The van der Waals surface area contributed by atoms with E-state index in [2.05, 4.69) is 0 Å². The van der Waals surface area contributed by atoms with Crippen molar-refractivity contribution in [1.29, 1.82) is 0 Å². The van der Waals surface area contributed by atoms with Gasteiger partial charge in [0, 0.05) is 6.54 Å². The molecule has 2 rings (SSSR count). The Morgan fingerprint density at radius 3 is 2.71 bits per heavy atom. The van der Waals surface area contributed by atoms with Gasteiger partial charge in [0.25, 0.3) is 0 Å². The minimum Gasteiger partial charge on any atom is -0.467 e. The summed E-state index contributed by atoms with van der Waals surface area (Å²) in [6.07, 6.45) is 0.689. The number of morpholine rings is 1. The number of hydrogen-bond donors (Lipinski definition) is 0. The zero-order chi connectivity index (χ0) is 15.2. The minimum atomic E-state index is -0.644. The Morgan fingerprint density at radius 2 is 2.10 bits per heavy atom. The van der Waals surface area contributed by atoms with Crippen molar-refractivity contribution in [3.63, 3.8) is 0 Å². The monoisotopic (exact) mass is 291 g/mol. The Labute approximate surface area is 124 Å². The highest BCUT2D eigenvalue weighted by Gasteiger charge is 2.36. The highest BCUT2D eigenvalue weighted by molar-refractivity contribution is 5.89. The van der Waals surface area contributed by atoms with E-state index in [0.717, 1.165) is 5.56 Å². The first-order valence-corrected chi connectivity index (χ1v) is 7.20. The van der Waals surface area contributed by atoms with Crippen LogP contribution in [0.4, 0.5) is 0 Å². The molecule has 1 saturated heterocycles. The average Bonchev–Trinajstić information content (AvgIpc) is 2.55. The number of benzene rings is 1. The Hall–Kier alpha value is -1.88. The molecule has 1 heterocycles. The number of rotatable bonds is 4. The first-order valence-electron chi connectivity index (χ1n) is 7.20. The summed E-state index contributed by atoms with van der Waals surface area (Å²) in [5.74, 6) is -0.704. The topological polar surface area (TPSA) is 55.8 Å². The molecule has 0 spiro atoms. The SMILES string of the molecule is CCC(C(=O)N1CCOCC1C(=O)OC)c1ccccc1. The van der Waals surface area contributed by atoms with Crippen LogP contribution >= 0.6 is 0 Å². The molecule has 114 valence electrons. The predicted molar refractivity (Wildman–Crippen MR) is 77.8 cm³/mol. The molecular formula is C16H21NO4. The molecule has 1 aliphatic heterocycles. The molecule has 0 bridgehead atoms. The normalized spacial score (nSPS) is 19.9. The van der Waals surface area contributed by atoms with Gasteiger partial charge in [-0.25, -0.2) is 4.79 Å². The van der Waals surface area contributed by atoms with E-state index < -0.39 is 12.0 Å². The fraction of sp³-hybridized carbons (Fsp3) is 0.500. The van der Waals surface area contributed by atoms with Gasteiger partial charge in [-0.15, -0.1) is 0 Å². The number of carbonyl (C=O) groups is 2. The zero-order valence-electron chi connectivity index (χ0n) is 12.5. The van der Waals surface area contributed by atoms with Crippen molar-refractivity contribution in [2.75, 3.05) is 26.9 Å². The van der Waals surface area contributed by atoms with Gasteiger partial charge in [0.2, 0.25) is 5.91 Å². The van der Waals surface area contributed by atoms with Crippen molar-refractivity contribution in [3.05, 3.63) is 35.9 Å². The fourth-order valence-corrected chi connectivity index (χ4v) is 2.64. The van der Waals surface area contributed by atoms with Crippen LogP contribution in [0, 0.1) is 0 Å². The molecule has 5 heteroatoms. The molecule has 0 N–H and O–H groups in total. The van der Waals surface area contributed by atoms with E-state index in [4.69, 9.17) is 9.47 Å². The maximum Gasteiger partial charge on any atom is 0.331 e. The van der Waals surface area contributed by atoms with E-state index in [1.54, 1.807) is 4.90 Å². The number of esters is 1. The minimum absolute atomic E-state index is 0.0394. The number of nitrogens with zero attached hydrogens (tertiary/aromatic N) is 1. The summed E-state index contributed by atoms with van der Waals surface area (Å²) in [5.41, 5.74) is 0.972. The lowest BCUT2D eigenvalue weighted by Crippen LogP contribution is -2.54. The summed E-state index contributed by atoms with van der Waals surface area (Å²) in [6.45, 7) is 3.04. The van der Waals surface area contributed by atoms with Gasteiger partial charge < -0.3 is 14.4 Å². The molecule has 2 unspecified atom stereocenters. The van der Waals surface area contributed by atoms with Gasteiger partial charge in [-0.05, 0) is 12.0 Å². The van der Waals surface area contributed by atoms with E-state index in [1.807, 2.05) is 37.3 Å². The predicted octanol–water partition coefficient (Wildman–Crippen LogP) is 1.58. The molecule has 0 aromatic heterocycles. The zero-order valence-corrected chi connectivity index (χ0v) is 12.5. The molecule has 1 aromatic rings. The maximum absolute atomic E-state index is 12.8. The van der Waals surface area contributed by atoms with Gasteiger partial charge in [0.15, 0.2) is 6.04 Å². The highest BCUT2D eigenvalue weighted by atomic mass is 16.5. The van der Waals surface area contributed by atoms with Crippen molar-refractivity contribution < 1.29 is 19.1 Å². The third kappa shape index (κ3) is 3.42. The highest BCUT2D eigenvalue weighted by Crippen LogP contribution is 2.24. The molecule has 5 nitrogen and oxygen atoms in total. The first-order chi connectivity index (χ1) is 10.2. The number of hydrogen-bond acceptors (Lipinski definition) is 4. The molecule has 1 amide bonds. The van der Waals surface area contributed by atoms with E-state index in [-0.39, 0.29) is 18.4 Å². The number of amides is 1. The lowest BCUT2D eigenvalue weighted by atomic mass is 9.94. The molecule has 0 radical (unpaired) electrons. The van der Waals surface area contributed by atoms with Gasteiger partial charge in [0.05, 0.1) is 26.2 Å². The van der Waals surface area contributed by atoms with Crippen molar-refractivity contribution in [3.8, 4) is 0 Å². The quantitative estimate of drug-likeness (QED) is 0.790. The number of ether oxygens (including phenoxy) is 2. The second-order valence-corrected chi connectivity index (χ2v) is 5.02. The van der Waals surface area contributed by atoms with Gasteiger partial charge >= 0.3 is 5.97 Å². The average molecular weight is 291 g/mol. The summed E-state index contributed by atoms with van der Waals surface area (Å²) in [6, 6.07) is 9.01. The van der Waals surface area contributed by atoms with Crippen LogP contribution in [-0.4, -0.2) is 49.7 Å². The number of carbonyl (C=O) groups excluding carboxylic acids is 2. The van der Waals surface area contributed by atoms with Crippen molar-refractivity contribution >= 4 is 11.9 Å². The van der Waals surface area contributed by atoms with Crippen molar-refractivity contribution in [1.82, 2.24) is 4.90 Å². The molecule has 21 heavy (non-hydrogen) atoms. The van der Waals surface area contributed by atoms with E-state index in [0.29, 0.717) is 19.6 Å². The van der Waals surface area contributed by atoms with Gasteiger partial charge in [-0.2, -0.15) is 0 Å². The molecule has 1 aromatic carbocycles. The van der Waals surface area contributed by atoms with Crippen LogP contribution in [0.2, 0.25) is 0 Å². The van der Waals surface area contributed by atoms with Gasteiger partial charge in [-0.3, -0.25) is 4.79 Å². The Kier molecular flexibility index (Phi) is 5.33. The van der Waals surface area contributed by atoms with Crippen LogP contribution in [0.3, 0.4) is 0 Å². The second kappa shape index (κ2) is 7.22. The third-order valence-corrected chi connectivity index (χ3v) is 3.79. The molecule has 0 saturated carbocycles. The summed E-state index contributed by atoms with van der Waals surface area (Å²) >= 11 is 0. The van der Waals surface area contributed by atoms with Gasteiger partial charge in [0.1, 0.15) is 0 Å². The van der Waals surface area contributed by atoms with Crippen LogP contribution in [0.1, 0.15) is 24.8 Å². The van der Waals surface area contributed by atoms with Crippen molar-refractivity contribution in [2.24, 2.45) is 0 Å². The van der Waals surface area contributed by atoms with E-state index in [9.17, 15) is 9.59 Å². The summed E-state index contributed by atoms with van der Waals surface area (Å²) in [7, 11) is 1.33. The summed E-state index contributed by atoms with van der Waals surface area (Å²) in [5, 5.41) is 0. The molecule has 1 aliphatic rings. The molecule has 1 fully saturated rings. The summed E-state index contributed by atoms with van der Waals surface area (Å²) < 4.78 is 10.1. The Balaban J connectivity index is 2.21. The maximum atomic E-state index is 12.8. The lowest BCUT2D eigenvalue weighted by molar-refractivity contribution is -0.161. The van der Waals surface area contributed by atoms with Crippen LogP contribution < -0.4 is 0 Å². The van der Waals surface area contributed by atoms with Crippen LogP contribution in [0.5, 0.6) is 0 Å². The largest absolute Gasteiger partial charge is 0.467 e. The molecular weight excluding hydrogens is 270 g/mol. The third-order valence-electron chi connectivity index (χ3n) is 3.79. The Morgan fingerprint density at radius 1 is 1.38 bits per heavy atom. The van der Waals surface area contributed by atoms with Crippen LogP contribution in [0.15, 0.2) is 30.3 Å². The number of methoxy groups -OCH3 is 1. The van der Waals surface area contributed by atoms with E-state index in [1.165, 1.54) is 7.11 Å². The summed E-state index contributed by atoms with van der Waals surface area (Å²) in [4.78, 5) is 26.2. The van der Waals surface area contributed by atoms with Crippen LogP contribution in [-0.2, 0) is 19.1 Å². The fourth-order valence-electron chi connectivity index (χ4n) is 2.64. The van der Waals surface area contributed by atoms with Gasteiger partial charge in [-0.1, -0.05) is 37.3 Å². The molecule has 2 atom stereocenters. The standard InChI is InChI=1S/C16H21NO4/c1-3-13(12-7-5-4-6-8-12)15(18)17-9-10-21-11-14(17)16(19)20-2/h4-8,13-14H,3,9-11H2,1-2H3. The van der Waals surface area contributed by atoms with Crippen molar-refractivity contribution in [2.45, 2.75) is 25.3 Å². The first kappa shape index (κ1) is 15.5. The Bertz CT molecular complexity index is 488. The van der Waals surface area contributed by atoms with Crippen LogP contribution in [0.25, 0.3) is 0 Å². The lowest BCUT2D eigenvalue weighted by Gasteiger charge is -2.35. The second-order valence-electron chi connectivity index (χ2n) is 5.02. The molecule has 0 aliphatic carbocycles. The smallest absolute Gasteiger partial charge is 0.331 e.